The molecule has 0 unspecified atom stereocenters. The molecule has 0 aliphatic heterocycles. The highest BCUT2D eigenvalue weighted by atomic mass is 35.5. The number of halogens is 2. The molecule has 3 aliphatic carbocycles. The van der Waals surface area contributed by atoms with E-state index in [9.17, 15) is 14.4 Å². The number of fused-ring (bicyclic) bond motifs is 3. The number of nitrogens with zero attached hydrogens (tertiary/aromatic N) is 2. The van der Waals surface area contributed by atoms with Crippen molar-refractivity contribution in [2.75, 3.05) is 13.1 Å². The average molecular weight is 536 g/mol. The molecule has 0 spiro atoms. The average Bonchev–Trinajstić information content (AvgIpc) is 2.79. The van der Waals surface area contributed by atoms with E-state index in [-0.39, 0.29) is 49.9 Å². The van der Waals surface area contributed by atoms with Gasteiger partial charge in [-0.15, -0.1) is 0 Å². The van der Waals surface area contributed by atoms with E-state index in [0.29, 0.717) is 12.2 Å². The van der Waals surface area contributed by atoms with E-state index in [4.69, 9.17) is 28.6 Å². The molecule has 9 heteroatoms. The van der Waals surface area contributed by atoms with E-state index in [1.165, 1.54) is 17.3 Å². The third-order valence-electron chi connectivity index (χ3n) is 7.64. The molecule has 0 radical (unpaired) electrons. The minimum Gasteiger partial charge on any atom is -0.382 e. The van der Waals surface area contributed by atoms with Crippen molar-refractivity contribution in [1.82, 2.24) is 15.2 Å². The molecule has 0 aromatic carbocycles. The Hall–Kier alpha value is -2.25. The van der Waals surface area contributed by atoms with Crippen LogP contribution in [-0.2, 0) is 9.59 Å². The molecule has 0 saturated heterocycles. The SMILES string of the molecule is CC(=O)C12CCC(N/C(C)=C(\C=N)C(=O)N(CC(=O)c3c(Cl)cncc3Cl)CC(C)(C)C)(CC1)CC2. The maximum absolute atomic E-state index is 13.7. The Morgan fingerprint density at radius 1 is 1.06 bits per heavy atom. The molecule has 3 saturated carbocycles. The lowest BCUT2D eigenvalue weighted by Gasteiger charge is -2.53. The van der Waals surface area contributed by atoms with Crippen molar-refractivity contribution in [3.63, 3.8) is 0 Å². The van der Waals surface area contributed by atoms with Gasteiger partial charge in [-0.3, -0.25) is 19.4 Å². The highest BCUT2D eigenvalue weighted by molar-refractivity contribution is 6.39. The number of rotatable bonds is 9. The summed E-state index contributed by atoms with van der Waals surface area (Å²) in [5.74, 6) is -0.519. The van der Waals surface area contributed by atoms with Crippen molar-refractivity contribution >= 4 is 46.9 Å². The third kappa shape index (κ3) is 6.00. The van der Waals surface area contributed by atoms with Gasteiger partial charge in [0.1, 0.15) is 5.78 Å². The number of hydrogen-bond acceptors (Lipinski definition) is 6. The zero-order valence-corrected chi connectivity index (χ0v) is 23.3. The lowest BCUT2D eigenvalue weighted by Crippen LogP contribution is -2.56. The summed E-state index contributed by atoms with van der Waals surface area (Å²) in [6.07, 6.45) is 8.84. The number of Topliss-reactive ketones (excluding diaryl/α,β-unsaturated/α-hetero) is 2. The molecule has 196 valence electrons. The van der Waals surface area contributed by atoms with Gasteiger partial charge in [0.2, 0.25) is 0 Å². The summed E-state index contributed by atoms with van der Waals surface area (Å²) in [5.41, 5.74) is 0.282. The van der Waals surface area contributed by atoms with Gasteiger partial charge in [0.05, 0.1) is 27.7 Å². The monoisotopic (exact) mass is 534 g/mol. The number of hydrogen-bond donors (Lipinski definition) is 2. The number of amides is 1. The molecule has 1 amide bonds. The summed E-state index contributed by atoms with van der Waals surface area (Å²) in [4.78, 5) is 44.4. The number of pyridine rings is 1. The van der Waals surface area contributed by atoms with Crippen LogP contribution in [0.2, 0.25) is 10.0 Å². The maximum atomic E-state index is 13.7. The van der Waals surface area contributed by atoms with Crippen molar-refractivity contribution in [2.24, 2.45) is 10.8 Å². The Morgan fingerprint density at radius 3 is 2.03 bits per heavy atom. The van der Waals surface area contributed by atoms with E-state index >= 15 is 0 Å². The molecule has 1 aromatic rings. The first-order valence-corrected chi connectivity index (χ1v) is 13.1. The van der Waals surface area contributed by atoms with Crippen LogP contribution in [0.1, 0.15) is 83.5 Å². The zero-order chi connectivity index (χ0) is 26.9. The summed E-state index contributed by atoms with van der Waals surface area (Å²) in [5, 5.41) is 11.9. The van der Waals surface area contributed by atoms with Gasteiger partial charge in [-0.05, 0) is 57.8 Å². The Balaban J connectivity index is 1.85. The first-order chi connectivity index (χ1) is 16.7. The van der Waals surface area contributed by atoms with Crippen LogP contribution in [0.15, 0.2) is 23.7 Å². The molecule has 36 heavy (non-hydrogen) atoms. The van der Waals surface area contributed by atoms with Gasteiger partial charge in [0.25, 0.3) is 5.91 Å². The summed E-state index contributed by atoms with van der Waals surface area (Å²) in [6.45, 7) is 9.52. The zero-order valence-electron chi connectivity index (χ0n) is 21.8. The fourth-order valence-electron chi connectivity index (χ4n) is 5.57. The smallest absolute Gasteiger partial charge is 0.257 e. The second kappa shape index (κ2) is 10.6. The molecule has 7 nitrogen and oxygen atoms in total. The predicted octanol–water partition coefficient (Wildman–Crippen LogP) is 5.64. The van der Waals surface area contributed by atoms with E-state index in [1.54, 1.807) is 6.92 Å². The van der Waals surface area contributed by atoms with Gasteiger partial charge in [0.15, 0.2) is 5.78 Å². The van der Waals surface area contributed by atoms with Crippen molar-refractivity contribution < 1.29 is 14.4 Å². The first-order valence-electron chi connectivity index (χ1n) is 12.3. The fourth-order valence-corrected chi connectivity index (χ4v) is 6.14. The normalized spacial score (nSPS) is 24.1. The van der Waals surface area contributed by atoms with Gasteiger partial charge in [-0.2, -0.15) is 0 Å². The van der Waals surface area contributed by atoms with Gasteiger partial charge in [0, 0.05) is 41.8 Å². The number of allylic oxidation sites excluding steroid dienone is 1. The van der Waals surface area contributed by atoms with Gasteiger partial charge in [-0.25, -0.2) is 0 Å². The molecule has 1 aromatic heterocycles. The van der Waals surface area contributed by atoms with Crippen LogP contribution in [0, 0.1) is 16.2 Å². The maximum Gasteiger partial charge on any atom is 0.257 e. The molecule has 2 N–H and O–H groups in total. The second-order valence-electron chi connectivity index (χ2n) is 11.5. The minimum absolute atomic E-state index is 0.131. The van der Waals surface area contributed by atoms with E-state index in [2.05, 4.69) is 10.3 Å². The second-order valence-corrected chi connectivity index (χ2v) is 12.4. The molecule has 4 rings (SSSR count). The molecular weight excluding hydrogens is 499 g/mol. The lowest BCUT2D eigenvalue weighted by atomic mass is 9.56. The minimum atomic E-state index is -0.402. The predicted molar refractivity (Wildman–Crippen MR) is 143 cm³/mol. The molecule has 0 atom stereocenters. The van der Waals surface area contributed by atoms with Crippen molar-refractivity contribution in [1.29, 1.82) is 5.41 Å². The van der Waals surface area contributed by atoms with Gasteiger partial charge < -0.3 is 15.6 Å². The van der Waals surface area contributed by atoms with Crippen LogP contribution in [-0.4, -0.2) is 52.2 Å². The lowest BCUT2D eigenvalue weighted by molar-refractivity contribution is -0.133. The summed E-state index contributed by atoms with van der Waals surface area (Å²) >= 11 is 12.4. The molecular formula is C27H36Cl2N4O3. The largest absolute Gasteiger partial charge is 0.382 e. The number of aromatic nitrogens is 1. The first kappa shape index (κ1) is 28.3. The standard InChI is InChI=1S/C27H36Cl2N4O3/c1-17(32-27-9-6-26(7-10-27,8-11-27)18(2)34)19(12-30)24(36)33(16-25(3,4)5)15-22(35)23-20(28)13-31-14-21(23)29/h12-14,30,32H,6-11,15-16H2,1-5H3/b19-17+,30-12?. The number of carbonyl (C=O) groups excluding carboxylic acids is 3. The van der Waals surface area contributed by atoms with Crippen LogP contribution >= 0.6 is 23.2 Å². The fraction of sp³-hybridized carbons (Fsp3) is 0.593. The Kier molecular flexibility index (Phi) is 8.36. The van der Waals surface area contributed by atoms with E-state index in [1.807, 2.05) is 27.7 Å². The third-order valence-corrected chi connectivity index (χ3v) is 8.22. The highest BCUT2D eigenvalue weighted by Gasteiger charge is 2.51. The van der Waals surface area contributed by atoms with Crippen LogP contribution in [0.4, 0.5) is 0 Å². The van der Waals surface area contributed by atoms with Crippen molar-refractivity contribution in [2.45, 2.75) is 78.7 Å². The molecule has 1 heterocycles. The number of nitrogens with one attached hydrogen (secondary N) is 2. The van der Waals surface area contributed by atoms with Crippen LogP contribution in [0.3, 0.4) is 0 Å². The summed E-state index contributed by atoms with van der Waals surface area (Å²) < 4.78 is 0. The van der Waals surface area contributed by atoms with Crippen LogP contribution in [0.5, 0.6) is 0 Å². The summed E-state index contributed by atoms with van der Waals surface area (Å²) in [6, 6.07) is 0. The van der Waals surface area contributed by atoms with Crippen molar-refractivity contribution in [3.05, 3.63) is 39.3 Å². The topological polar surface area (TPSA) is 103 Å². The molecule has 3 fully saturated rings. The molecule has 3 aliphatic rings. The van der Waals surface area contributed by atoms with Gasteiger partial charge >= 0.3 is 0 Å². The highest BCUT2D eigenvalue weighted by Crippen LogP contribution is 2.53. The van der Waals surface area contributed by atoms with Crippen LogP contribution in [0.25, 0.3) is 0 Å². The quantitative estimate of drug-likeness (QED) is 0.242. The number of ketones is 2. The van der Waals surface area contributed by atoms with Crippen molar-refractivity contribution in [3.8, 4) is 0 Å². The number of carbonyl (C=O) groups is 3. The van der Waals surface area contributed by atoms with E-state index in [0.717, 1.165) is 44.7 Å². The van der Waals surface area contributed by atoms with Crippen LogP contribution < -0.4 is 5.32 Å². The Labute approximate surface area is 223 Å². The summed E-state index contributed by atoms with van der Waals surface area (Å²) in [7, 11) is 0. The Bertz CT molecular complexity index is 1060. The Morgan fingerprint density at radius 2 is 1.58 bits per heavy atom. The van der Waals surface area contributed by atoms with Gasteiger partial charge in [-0.1, -0.05) is 44.0 Å². The molecule has 2 bridgehead atoms. The van der Waals surface area contributed by atoms with E-state index < -0.39 is 11.7 Å².